The van der Waals surface area contributed by atoms with Crippen LogP contribution in [0.5, 0.6) is 0 Å². The van der Waals surface area contributed by atoms with Gasteiger partial charge < -0.3 is 9.47 Å². The molecule has 4 heteroatoms. The average Bonchev–Trinajstić information content (AvgIpc) is 2.83. The Bertz CT molecular complexity index is 527. The molecule has 3 aliphatic carbocycles. The number of carbonyl (C=O) groups excluding carboxylic acids is 2. The van der Waals surface area contributed by atoms with Gasteiger partial charge in [0.25, 0.3) is 0 Å². The van der Waals surface area contributed by atoms with E-state index in [1.165, 1.54) is 44.6 Å². The minimum Gasteiger partial charge on any atom is -0.468 e. The summed E-state index contributed by atoms with van der Waals surface area (Å²) in [6, 6.07) is 0. The standard InChI is InChI=1S/C18H24O4/c1-21-16(19)18(17(20)22-2)10-14-8-7-12-5-3-4-6-13(12)9-15(14)11-18/h8-9,12,15H,3-7,10-11H2,1-2H3/t12-,15+/m1/s1. The Kier molecular flexibility index (Phi) is 4.11. The number of hydrogen-bond acceptors (Lipinski definition) is 4. The lowest BCUT2D eigenvalue weighted by Gasteiger charge is -2.25. The molecule has 0 heterocycles. The molecule has 0 unspecified atom stereocenters. The predicted octanol–water partition coefficient (Wildman–Crippen LogP) is 3.18. The Morgan fingerprint density at radius 3 is 2.55 bits per heavy atom. The molecular weight excluding hydrogens is 280 g/mol. The lowest BCUT2D eigenvalue weighted by molar-refractivity contribution is -0.168. The second-order valence-corrected chi connectivity index (χ2v) is 6.75. The van der Waals surface area contributed by atoms with Crippen LogP contribution in [-0.2, 0) is 19.1 Å². The minimum atomic E-state index is -1.15. The quantitative estimate of drug-likeness (QED) is 0.447. The smallest absolute Gasteiger partial charge is 0.323 e. The Hall–Kier alpha value is -1.58. The molecule has 0 spiro atoms. The zero-order valence-electron chi connectivity index (χ0n) is 13.4. The third-order valence-corrected chi connectivity index (χ3v) is 5.58. The minimum absolute atomic E-state index is 0.177. The number of esters is 2. The number of fused-ring (bicyclic) bond motifs is 2. The highest BCUT2D eigenvalue weighted by Crippen LogP contribution is 2.50. The van der Waals surface area contributed by atoms with Crippen molar-refractivity contribution in [3.8, 4) is 0 Å². The highest BCUT2D eigenvalue weighted by molar-refractivity contribution is 6.01. The third-order valence-electron chi connectivity index (χ3n) is 5.58. The van der Waals surface area contributed by atoms with Crippen LogP contribution in [0, 0.1) is 17.3 Å². The molecule has 120 valence electrons. The molecule has 2 atom stereocenters. The molecule has 22 heavy (non-hydrogen) atoms. The molecule has 2 saturated carbocycles. The first-order valence-corrected chi connectivity index (χ1v) is 8.17. The summed E-state index contributed by atoms with van der Waals surface area (Å²) in [6.45, 7) is 0. The number of hydrogen-bond donors (Lipinski definition) is 0. The van der Waals surface area contributed by atoms with Gasteiger partial charge in [0.05, 0.1) is 14.2 Å². The molecule has 0 aliphatic heterocycles. The van der Waals surface area contributed by atoms with Crippen molar-refractivity contribution in [2.75, 3.05) is 14.2 Å². The van der Waals surface area contributed by atoms with Gasteiger partial charge in [0, 0.05) is 0 Å². The van der Waals surface area contributed by atoms with Gasteiger partial charge in [-0.05, 0) is 50.4 Å². The van der Waals surface area contributed by atoms with E-state index >= 15 is 0 Å². The van der Waals surface area contributed by atoms with E-state index < -0.39 is 17.4 Å². The number of rotatable bonds is 2. The van der Waals surface area contributed by atoms with E-state index in [1.807, 2.05) is 0 Å². The number of methoxy groups -OCH3 is 2. The molecule has 0 aromatic heterocycles. The van der Waals surface area contributed by atoms with Crippen LogP contribution in [0.3, 0.4) is 0 Å². The molecule has 2 fully saturated rings. The van der Waals surface area contributed by atoms with Crippen molar-refractivity contribution < 1.29 is 19.1 Å². The summed E-state index contributed by atoms with van der Waals surface area (Å²) in [4.78, 5) is 24.6. The van der Waals surface area contributed by atoms with Gasteiger partial charge in [0.1, 0.15) is 0 Å². The Morgan fingerprint density at radius 2 is 1.86 bits per heavy atom. The second kappa shape index (κ2) is 5.90. The van der Waals surface area contributed by atoms with Crippen LogP contribution >= 0.6 is 0 Å². The fraction of sp³-hybridized carbons (Fsp3) is 0.667. The van der Waals surface area contributed by atoms with E-state index in [0.29, 0.717) is 18.8 Å². The first-order valence-electron chi connectivity index (χ1n) is 8.17. The summed E-state index contributed by atoms with van der Waals surface area (Å²) in [6.07, 6.45) is 11.5. The number of allylic oxidation sites excluding steroid dienone is 4. The molecule has 4 nitrogen and oxygen atoms in total. The van der Waals surface area contributed by atoms with Gasteiger partial charge in [0.15, 0.2) is 5.41 Å². The zero-order valence-corrected chi connectivity index (χ0v) is 13.4. The second-order valence-electron chi connectivity index (χ2n) is 6.75. The van der Waals surface area contributed by atoms with E-state index in [2.05, 4.69) is 12.2 Å². The lowest BCUT2D eigenvalue weighted by atomic mass is 9.80. The highest BCUT2D eigenvalue weighted by Gasteiger charge is 2.55. The predicted molar refractivity (Wildman–Crippen MR) is 81.9 cm³/mol. The summed E-state index contributed by atoms with van der Waals surface area (Å²) >= 11 is 0. The van der Waals surface area contributed by atoms with Crippen molar-refractivity contribution in [2.24, 2.45) is 17.3 Å². The molecule has 0 amide bonds. The normalized spacial score (nSPS) is 29.4. The van der Waals surface area contributed by atoms with Crippen LogP contribution < -0.4 is 0 Å². The van der Waals surface area contributed by atoms with Crippen LogP contribution in [0.15, 0.2) is 23.3 Å². The summed E-state index contributed by atoms with van der Waals surface area (Å²) in [7, 11) is 2.68. The molecule has 0 saturated heterocycles. The monoisotopic (exact) mass is 304 g/mol. The van der Waals surface area contributed by atoms with Gasteiger partial charge in [-0.15, -0.1) is 0 Å². The number of ether oxygens (including phenoxy) is 2. The van der Waals surface area contributed by atoms with Crippen LogP contribution in [0.2, 0.25) is 0 Å². The molecule has 0 aromatic carbocycles. The van der Waals surface area contributed by atoms with Crippen molar-refractivity contribution in [3.05, 3.63) is 23.3 Å². The van der Waals surface area contributed by atoms with E-state index in [4.69, 9.17) is 9.47 Å². The number of carbonyl (C=O) groups is 2. The molecule has 0 radical (unpaired) electrons. The fourth-order valence-electron chi connectivity index (χ4n) is 4.38. The van der Waals surface area contributed by atoms with Gasteiger partial charge >= 0.3 is 11.9 Å². The average molecular weight is 304 g/mol. The molecule has 0 aromatic rings. The van der Waals surface area contributed by atoms with E-state index in [9.17, 15) is 9.59 Å². The van der Waals surface area contributed by atoms with Crippen LogP contribution in [0.4, 0.5) is 0 Å². The molecule has 3 rings (SSSR count). The SMILES string of the molecule is COC(=O)C1(C(=O)OC)CC2=CC[C@H]3CCCCC3=C[C@H]2C1. The van der Waals surface area contributed by atoms with E-state index in [-0.39, 0.29) is 5.92 Å². The molecular formula is C18H24O4. The summed E-state index contributed by atoms with van der Waals surface area (Å²) in [5, 5.41) is 0. The van der Waals surface area contributed by atoms with Crippen molar-refractivity contribution in [1.29, 1.82) is 0 Å². The maximum absolute atomic E-state index is 12.3. The van der Waals surface area contributed by atoms with Gasteiger partial charge in [-0.25, -0.2) is 0 Å². The topological polar surface area (TPSA) is 52.6 Å². The third kappa shape index (κ3) is 2.38. The largest absolute Gasteiger partial charge is 0.468 e. The first-order chi connectivity index (χ1) is 10.6. The van der Waals surface area contributed by atoms with Crippen molar-refractivity contribution in [3.63, 3.8) is 0 Å². The summed E-state index contributed by atoms with van der Waals surface area (Å²) in [5.41, 5.74) is 1.57. The Morgan fingerprint density at radius 1 is 1.14 bits per heavy atom. The van der Waals surface area contributed by atoms with Gasteiger partial charge in [-0.1, -0.05) is 29.7 Å². The van der Waals surface area contributed by atoms with Crippen molar-refractivity contribution in [2.45, 2.75) is 44.9 Å². The molecule has 0 N–H and O–H groups in total. The highest BCUT2D eigenvalue weighted by atomic mass is 16.5. The lowest BCUT2D eigenvalue weighted by Crippen LogP contribution is -2.39. The van der Waals surface area contributed by atoms with Gasteiger partial charge in [-0.2, -0.15) is 0 Å². The molecule has 0 bridgehead atoms. The maximum Gasteiger partial charge on any atom is 0.323 e. The van der Waals surface area contributed by atoms with Crippen LogP contribution in [0.25, 0.3) is 0 Å². The Labute approximate surface area is 131 Å². The molecule has 3 aliphatic rings. The van der Waals surface area contributed by atoms with Crippen molar-refractivity contribution >= 4 is 11.9 Å². The zero-order chi connectivity index (χ0) is 15.7. The summed E-state index contributed by atoms with van der Waals surface area (Å²) in [5.74, 6) is -0.0901. The summed E-state index contributed by atoms with van der Waals surface area (Å²) < 4.78 is 9.83. The fourth-order valence-corrected chi connectivity index (χ4v) is 4.38. The van der Waals surface area contributed by atoms with Gasteiger partial charge in [0.2, 0.25) is 0 Å². The van der Waals surface area contributed by atoms with Crippen molar-refractivity contribution in [1.82, 2.24) is 0 Å². The van der Waals surface area contributed by atoms with Crippen LogP contribution in [0.1, 0.15) is 44.9 Å². The van der Waals surface area contributed by atoms with E-state index in [1.54, 1.807) is 0 Å². The maximum atomic E-state index is 12.3. The van der Waals surface area contributed by atoms with Gasteiger partial charge in [-0.3, -0.25) is 9.59 Å². The Balaban J connectivity index is 1.92. The van der Waals surface area contributed by atoms with E-state index in [0.717, 1.165) is 12.8 Å². The van der Waals surface area contributed by atoms with Crippen LogP contribution in [-0.4, -0.2) is 26.2 Å². The first kappa shape index (κ1) is 15.3.